The van der Waals surface area contributed by atoms with E-state index in [9.17, 15) is 4.79 Å². The smallest absolute Gasteiger partial charge is 0.410 e. The van der Waals surface area contributed by atoms with Gasteiger partial charge in [0.05, 0.1) is 5.69 Å². The first-order valence-corrected chi connectivity index (χ1v) is 9.95. The number of halogens is 1. The maximum atomic E-state index is 12.2. The summed E-state index contributed by atoms with van der Waals surface area (Å²) in [5.41, 5.74) is 0.470. The van der Waals surface area contributed by atoms with E-state index >= 15 is 0 Å². The molecule has 1 fully saturated rings. The van der Waals surface area contributed by atoms with E-state index in [4.69, 9.17) is 21.1 Å². The van der Waals surface area contributed by atoms with E-state index < -0.39 is 5.60 Å². The van der Waals surface area contributed by atoms with E-state index in [0.29, 0.717) is 18.1 Å². The van der Waals surface area contributed by atoms with Crippen molar-refractivity contribution < 1.29 is 14.3 Å². The van der Waals surface area contributed by atoms with Gasteiger partial charge in [0, 0.05) is 24.2 Å². The molecule has 0 bridgehead atoms. The number of hydrogen-bond acceptors (Lipinski definition) is 4. The number of anilines is 1. The zero-order valence-electron chi connectivity index (χ0n) is 16.6. The van der Waals surface area contributed by atoms with Gasteiger partial charge in [0.1, 0.15) is 11.4 Å². The molecule has 0 spiro atoms. The summed E-state index contributed by atoms with van der Waals surface area (Å²) in [4.78, 5) is 14.0. The maximum Gasteiger partial charge on any atom is 0.410 e. The lowest BCUT2D eigenvalue weighted by Crippen LogP contribution is -2.44. The van der Waals surface area contributed by atoms with Gasteiger partial charge in [0.15, 0.2) is 5.75 Å². The second-order valence-corrected chi connectivity index (χ2v) is 8.37. The van der Waals surface area contributed by atoms with Gasteiger partial charge in [-0.15, -0.1) is 0 Å². The Labute approximate surface area is 171 Å². The van der Waals surface area contributed by atoms with E-state index in [1.165, 1.54) is 0 Å². The van der Waals surface area contributed by atoms with Crippen LogP contribution in [0.5, 0.6) is 11.5 Å². The third kappa shape index (κ3) is 5.80. The predicted molar refractivity (Wildman–Crippen MR) is 112 cm³/mol. The molecule has 5 nitrogen and oxygen atoms in total. The minimum atomic E-state index is -0.468. The van der Waals surface area contributed by atoms with Crippen molar-refractivity contribution in [3.8, 4) is 11.5 Å². The lowest BCUT2D eigenvalue weighted by Gasteiger charge is -2.34. The molecule has 2 aromatic carbocycles. The number of nitrogens with zero attached hydrogens (tertiary/aromatic N) is 1. The number of amides is 1. The molecule has 1 heterocycles. The minimum absolute atomic E-state index is 0.238. The highest BCUT2D eigenvalue weighted by atomic mass is 35.5. The van der Waals surface area contributed by atoms with E-state index in [1.54, 1.807) is 17.0 Å². The molecule has 0 radical (unpaired) electrons. The van der Waals surface area contributed by atoms with Crippen molar-refractivity contribution in [1.29, 1.82) is 0 Å². The highest BCUT2D eigenvalue weighted by molar-refractivity contribution is 6.30. The Morgan fingerprint density at radius 2 is 1.71 bits per heavy atom. The van der Waals surface area contributed by atoms with E-state index in [-0.39, 0.29) is 12.1 Å². The van der Waals surface area contributed by atoms with Gasteiger partial charge in [-0.05, 0) is 70.0 Å². The van der Waals surface area contributed by atoms with Crippen molar-refractivity contribution in [1.82, 2.24) is 4.90 Å². The summed E-state index contributed by atoms with van der Waals surface area (Å²) in [6.07, 6.45) is 1.47. The number of nitrogens with one attached hydrogen (secondary N) is 1. The Bertz CT molecular complexity index is 794. The van der Waals surface area contributed by atoms with Crippen LogP contribution in [0.3, 0.4) is 0 Å². The summed E-state index contributed by atoms with van der Waals surface area (Å²) in [7, 11) is 0. The summed E-state index contributed by atoms with van der Waals surface area (Å²) in [6, 6.07) is 15.4. The summed E-state index contributed by atoms with van der Waals surface area (Å²) < 4.78 is 11.5. The number of benzene rings is 2. The van der Waals surface area contributed by atoms with Crippen molar-refractivity contribution >= 4 is 23.4 Å². The summed E-state index contributed by atoms with van der Waals surface area (Å²) in [6.45, 7) is 7.00. The SMILES string of the molecule is CC(C)(C)OC(=O)N1CCC(Nc2ccccc2Oc2ccc(Cl)cc2)CC1. The lowest BCUT2D eigenvalue weighted by molar-refractivity contribution is 0.0210. The molecular formula is C22H27ClN2O3. The van der Waals surface area contributed by atoms with Gasteiger partial charge in [0.2, 0.25) is 0 Å². The first-order chi connectivity index (χ1) is 13.3. The molecule has 0 aromatic heterocycles. The van der Waals surface area contributed by atoms with Gasteiger partial charge in [-0.3, -0.25) is 0 Å². The Morgan fingerprint density at radius 1 is 1.07 bits per heavy atom. The highest BCUT2D eigenvalue weighted by Crippen LogP contribution is 2.31. The number of ether oxygens (including phenoxy) is 2. The monoisotopic (exact) mass is 402 g/mol. The van der Waals surface area contributed by atoms with Crippen LogP contribution in [0.2, 0.25) is 5.02 Å². The fraction of sp³-hybridized carbons (Fsp3) is 0.409. The molecule has 150 valence electrons. The number of carbonyl (C=O) groups is 1. The zero-order chi connectivity index (χ0) is 20.1. The van der Waals surface area contributed by atoms with E-state index in [2.05, 4.69) is 5.32 Å². The fourth-order valence-corrected chi connectivity index (χ4v) is 3.18. The number of likely N-dealkylation sites (tertiary alicyclic amines) is 1. The molecule has 0 unspecified atom stereocenters. The van der Waals surface area contributed by atoms with Gasteiger partial charge in [0.25, 0.3) is 0 Å². The molecule has 2 aromatic rings. The lowest BCUT2D eigenvalue weighted by atomic mass is 10.0. The Balaban J connectivity index is 1.58. The average Bonchev–Trinajstić information content (AvgIpc) is 2.64. The third-order valence-corrected chi connectivity index (χ3v) is 4.69. The van der Waals surface area contributed by atoms with E-state index in [0.717, 1.165) is 30.0 Å². The van der Waals surface area contributed by atoms with Crippen LogP contribution in [0.1, 0.15) is 33.6 Å². The molecule has 1 aliphatic heterocycles. The van der Waals surface area contributed by atoms with Crippen LogP contribution in [0.15, 0.2) is 48.5 Å². The van der Waals surface area contributed by atoms with Crippen LogP contribution >= 0.6 is 11.6 Å². The minimum Gasteiger partial charge on any atom is -0.455 e. The average molecular weight is 403 g/mol. The third-order valence-electron chi connectivity index (χ3n) is 4.43. The molecule has 1 amide bonds. The second-order valence-electron chi connectivity index (χ2n) is 7.94. The van der Waals surface area contributed by atoms with Crippen LogP contribution in [0.25, 0.3) is 0 Å². The molecule has 1 aliphatic rings. The molecule has 1 N–H and O–H groups in total. The predicted octanol–water partition coefficient (Wildman–Crippen LogP) is 5.94. The zero-order valence-corrected chi connectivity index (χ0v) is 17.3. The Kier molecular flexibility index (Phi) is 6.35. The van der Waals surface area contributed by atoms with Crippen LogP contribution in [-0.4, -0.2) is 35.7 Å². The van der Waals surface area contributed by atoms with Crippen LogP contribution < -0.4 is 10.1 Å². The molecule has 0 atom stereocenters. The standard InChI is InChI=1S/C22H27ClN2O3/c1-22(2,3)28-21(26)25-14-12-17(13-15-25)24-19-6-4-5-7-20(19)27-18-10-8-16(23)9-11-18/h4-11,17,24H,12-15H2,1-3H3. The summed E-state index contributed by atoms with van der Waals surface area (Å²) in [5.74, 6) is 1.50. The van der Waals surface area contributed by atoms with Gasteiger partial charge in [-0.25, -0.2) is 4.79 Å². The molecule has 3 rings (SSSR count). The van der Waals surface area contributed by atoms with Crippen molar-refractivity contribution in [3.63, 3.8) is 0 Å². The first-order valence-electron chi connectivity index (χ1n) is 9.57. The maximum absolute atomic E-state index is 12.2. The molecule has 28 heavy (non-hydrogen) atoms. The number of carbonyl (C=O) groups excluding carboxylic acids is 1. The van der Waals surface area contributed by atoms with Crippen LogP contribution in [0, 0.1) is 0 Å². The normalized spacial score (nSPS) is 15.2. The van der Waals surface area contributed by atoms with E-state index in [1.807, 2.05) is 57.2 Å². The number of piperidine rings is 1. The van der Waals surface area contributed by atoms with Gasteiger partial charge in [-0.2, -0.15) is 0 Å². The Hall–Kier alpha value is -2.40. The number of para-hydroxylation sites is 2. The summed E-state index contributed by atoms with van der Waals surface area (Å²) >= 11 is 5.94. The van der Waals surface area contributed by atoms with Gasteiger partial charge in [-0.1, -0.05) is 23.7 Å². The van der Waals surface area contributed by atoms with Crippen molar-refractivity contribution in [3.05, 3.63) is 53.6 Å². The molecule has 1 saturated heterocycles. The largest absolute Gasteiger partial charge is 0.455 e. The van der Waals surface area contributed by atoms with Crippen molar-refractivity contribution in [2.24, 2.45) is 0 Å². The number of rotatable bonds is 4. The van der Waals surface area contributed by atoms with Crippen molar-refractivity contribution in [2.75, 3.05) is 18.4 Å². The Morgan fingerprint density at radius 3 is 2.36 bits per heavy atom. The highest BCUT2D eigenvalue weighted by Gasteiger charge is 2.27. The molecule has 0 saturated carbocycles. The first kappa shape index (κ1) is 20.3. The van der Waals surface area contributed by atoms with Crippen LogP contribution in [0.4, 0.5) is 10.5 Å². The van der Waals surface area contributed by atoms with Crippen molar-refractivity contribution in [2.45, 2.75) is 45.3 Å². The van der Waals surface area contributed by atoms with Crippen LogP contribution in [-0.2, 0) is 4.74 Å². The molecular weight excluding hydrogens is 376 g/mol. The molecule has 0 aliphatic carbocycles. The quantitative estimate of drug-likeness (QED) is 0.687. The summed E-state index contributed by atoms with van der Waals surface area (Å²) in [5, 5.41) is 4.24. The second kappa shape index (κ2) is 8.74. The topological polar surface area (TPSA) is 50.8 Å². The van der Waals surface area contributed by atoms with Gasteiger partial charge >= 0.3 is 6.09 Å². The van der Waals surface area contributed by atoms with Gasteiger partial charge < -0.3 is 19.7 Å². The fourth-order valence-electron chi connectivity index (χ4n) is 3.06. The molecule has 6 heteroatoms. The number of hydrogen-bond donors (Lipinski definition) is 1.